The van der Waals surface area contributed by atoms with Crippen LogP contribution in [0.5, 0.6) is 11.5 Å². The lowest BCUT2D eigenvalue weighted by Gasteiger charge is -2.40. The van der Waals surface area contributed by atoms with Crippen LogP contribution >= 0.6 is 0 Å². The number of aromatic nitrogens is 1. The van der Waals surface area contributed by atoms with Gasteiger partial charge in [-0.25, -0.2) is 9.37 Å². The molecule has 5 rings (SSSR count). The second-order valence-electron chi connectivity index (χ2n) is 10.6. The highest BCUT2D eigenvalue weighted by Crippen LogP contribution is 2.39. The second kappa shape index (κ2) is 11.5. The number of nitrogens with one attached hydrogen (secondary N) is 2. The van der Waals surface area contributed by atoms with Gasteiger partial charge < -0.3 is 25.0 Å². The molecule has 40 heavy (non-hydrogen) atoms. The van der Waals surface area contributed by atoms with E-state index >= 15 is 0 Å². The molecular weight excluding hydrogens is 511 g/mol. The Kier molecular flexibility index (Phi) is 7.91. The number of nitrogens with zero attached hydrogens (tertiary/aromatic N) is 2. The Hall–Kier alpha value is -4.14. The lowest BCUT2D eigenvalue weighted by molar-refractivity contribution is 0.0922. The average Bonchev–Trinajstić information content (AvgIpc) is 3.22. The van der Waals surface area contributed by atoms with Gasteiger partial charge in [0.25, 0.3) is 11.8 Å². The zero-order valence-electron chi connectivity index (χ0n) is 23.2. The molecule has 0 unspecified atom stereocenters. The Labute approximate surface area is 233 Å². The summed E-state index contributed by atoms with van der Waals surface area (Å²) < 4.78 is 24.9. The van der Waals surface area contributed by atoms with E-state index in [1.165, 1.54) is 13.2 Å². The van der Waals surface area contributed by atoms with Gasteiger partial charge in [-0.2, -0.15) is 0 Å². The van der Waals surface area contributed by atoms with Gasteiger partial charge in [-0.1, -0.05) is 12.1 Å². The van der Waals surface area contributed by atoms with E-state index in [9.17, 15) is 14.0 Å². The molecule has 2 N–H and O–H groups in total. The van der Waals surface area contributed by atoms with Gasteiger partial charge in [0, 0.05) is 47.1 Å². The Morgan fingerprint density at radius 1 is 1.02 bits per heavy atom. The van der Waals surface area contributed by atoms with Gasteiger partial charge in [-0.15, -0.1) is 0 Å². The van der Waals surface area contributed by atoms with Crippen LogP contribution in [0.1, 0.15) is 70.5 Å². The highest BCUT2D eigenvalue weighted by molar-refractivity contribution is 5.96. The quantitative estimate of drug-likeness (QED) is 0.415. The Morgan fingerprint density at radius 3 is 2.40 bits per heavy atom. The largest absolute Gasteiger partial charge is 0.497 e. The summed E-state index contributed by atoms with van der Waals surface area (Å²) in [5.74, 6) is 1.12. The summed E-state index contributed by atoms with van der Waals surface area (Å²) in [5.41, 5.74) is 2.26. The first-order valence-electron chi connectivity index (χ1n) is 13.6. The van der Waals surface area contributed by atoms with Crippen molar-refractivity contribution in [3.63, 3.8) is 0 Å². The van der Waals surface area contributed by atoms with E-state index in [0.29, 0.717) is 28.2 Å². The highest BCUT2D eigenvalue weighted by atomic mass is 19.1. The number of piperidine rings is 1. The van der Waals surface area contributed by atoms with Crippen molar-refractivity contribution in [2.45, 2.75) is 63.7 Å². The van der Waals surface area contributed by atoms with E-state index in [4.69, 9.17) is 9.47 Å². The van der Waals surface area contributed by atoms with Crippen LogP contribution in [0.4, 0.5) is 10.2 Å². The van der Waals surface area contributed by atoms with Gasteiger partial charge in [0.05, 0.1) is 25.8 Å². The first kappa shape index (κ1) is 27.4. The van der Waals surface area contributed by atoms with E-state index < -0.39 is 11.9 Å². The molecule has 3 aromatic rings. The summed E-state index contributed by atoms with van der Waals surface area (Å²) in [7, 11) is 3.08. The van der Waals surface area contributed by atoms with Crippen molar-refractivity contribution < 1.29 is 23.5 Å². The molecule has 0 radical (unpaired) electrons. The molecule has 0 aliphatic carbocycles. The van der Waals surface area contributed by atoms with E-state index in [-0.39, 0.29) is 29.9 Å². The van der Waals surface area contributed by atoms with Gasteiger partial charge >= 0.3 is 0 Å². The number of amides is 2. The molecule has 2 aliphatic heterocycles. The first-order valence-corrected chi connectivity index (χ1v) is 13.6. The summed E-state index contributed by atoms with van der Waals surface area (Å²) in [6.45, 7) is 3.63. The summed E-state index contributed by atoms with van der Waals surface area (Å²) in [4.78, 5) is 32.9. The maximum absolute atomic E-state index is 14.4. The van der Waals surface area contributed by atoms with Gasteiger partial charge in [0.15, 0.2) is 0 Å². The van der Waals surface area contributed by atoms with Crippen LogP contribution in [0.3, 0.4) is 0 Å². The van der Waals surface area contributed by atoms with Gasteiger partial charge in [0.2, 0.25) is 0 Å². The van der Waals surface area contributed by atoms with Crippen LogP contribution in [0.2, 0.25) is 0 Å². The average molecular weight is 547 g/mol. The highest BCUT2D eigenvalue weighted by Gasteiger charge is 2.42. The molecule has 2 bridgehead atoms. The zero-order chi connectivity index (χ0) is 28.4. The van der Waals surface area contributed by atoms with Crippen molar-refractivity contribution in [3.05, 3.63) is 82.8 Å². The number of benzene rings is 2. The van der Waals surface area contributed by atoms with E-state index in [0.717, 1.165) is 37.1 Å². The number of carbonyl (C=O) groups excluding carboxylic acids is 2. The number of hydrogen-bond acceptors (Lipinski definition) is 6. The van der Waals surface area contributed by atoms with Crippen molar-refractivity contribution >= 4 is 17.6 Å². The topological polar surface area (TPSA) is 92.8 Å². The number of anilines is 1. The fourth-order valence-corrected chi connectivity index (χ4v) is 6.03. The fourth-order valence-electron chi connectivity index (χ4n) is 6.03. The van der Waals surface area contributed by atoms with Crippen LogP contribution in [0.25, 0.3) is 0 Å². The van der Waals surface area contributed by atoms with E-state index in [2.05, 4.69) is 20.5 Å². The van der Waals surface area contributed by atoms with E-state index in [1.807, 2.05) is 31.2 Å². The summed E-state index contributed by atoms with van der Waals surface area (Å²) >= 11 is 0. The minimum absolute atomic E-state index is 0.0773. The number of methoxy groups -OCH3 is 2. The van der Waals surface area contributed by atoms with Crippen LogP contribution in [-0.4, -0.2) is 49.1 Å². The Morgan fingerprint density at radius 2 is 1.77 bits per heavy atom. The van der Waals surface area contributed by atoms with Crippen LogP contribution in [0.15, 0.2) is 54.7 Å². The third kappa shape index (κ3) is 5.46. The number of fused-ring (bicyclic) bond motifs is 2. The Bertz CT molecular complexity index is 1380. The van der Waals surface area contributed by atoms with Crippen LogP contribution < -0.4 is 25.0 Å². The molecule has 0 spiro atoms. The number of carbonyl (C=O) groups is 2. The number of ether oxygens (including phenoxy) is 2. The van der Waals surface area contributed by atoms with Crippen molar-refractivity contribution in [1.82, 2.24) is 15.6 Å². The molecule has 2 aliphatic rings. The number of hydrogen-bond donors (Lipinski definition) is 2. The molecule has 8 nitrogen and oxygen atoms in total. The third-order valence-corrected chi connectivity index (χ3v) is 8.11. The predicted molar refractivity (Wildman–Crippen MR) is 151 cm³/mol. The van der Waals surface area contributed by atoms with Crippen molar-refractivity contribution in [3.8, 4) is 11.5 Å². The summed E-state index contributed by atoms with van der Waals surface area (Å²) in [6, 6.07) is 13.8. The molecule has 2 saturated heterocycles. The number of rotatable bonds is 8. The molecule has 2 fully saturated rings. The van der Waals surface area contributed by atoms with Gasteiger partial charge in [-0.05, 0) is 69.9 Å². The SMILES string of the molecule is COc1ccc([C@H](C)NC(=O)c2ccc(N3[C@@H]4CC[C@H]3C[C@@H](NC(=O)c3cccc(OC)c3C)C4)nc2)c(F)c1. The monoisotopic (exact) mass is 546 g/mol. The first-order chi connectivity index (χ1) is 19.3. The molecule has 210 valence electrons. The maximum Gasteiger partial charge on any atom is 0.253 e. The molecule has 0 saturated carbocycles. The van der Waals surface area contributed by atoms with Gasteiger partial charge in [-0.3, -0.25) is 9.59 Å². The molecule has 2 amide bonds. The molecule has 4 atom stereocenters. The standard InChI is InChI=1S/C31H35FN4O4/c1-18-25(6-5-7-28(18)40-4)31(38)35-21-14-22-9-10-23(15-21)36(22)29-13-8-20(17-33-29)30(37)34-19(2)26-12-11-24(39-3)16-27(26)32/h5-8,11-13,16-17,19,21-23H,9-10,14-15H2,1-4H3,(H,34,37)(H,35,38)/t19-,21-,22+,23-/m0/s1. The molecule has 2 aromatic carbocycles. The zero-order valence-corrected chi connectivity index (χ0v) is 23.2. The van der Waals surface area contributed by atoms with E-state index in [1.54, 1.807) is 38.4 Å². The fraction of sp³-hybridized carbons (Fsp3) is 0.387. The smallest absolute Gasteiger partial charge is 0.253 e. The van der Waals surface area contributed by atoms with Crippen LogP contribution in [0, 0.1) is 12.7 Å². The summed E-state index contributed by atoms with van der Waals surface area (Å²) in [6.07, 6.45) is 5.30. The molecular formula is C31H35FN4O4. The van der Waals surface area contributed by atoms with Gasteiger partial charge in [0.1, 0.15) is 23.1 Å². The lowest BCUT2D eigenvalue weighted by atomic mass is 9.96. The Balaban J connectivity index is 1.21. The van der Waals surface area contributed by atoms with Crippen molar-refractivity contribution in [2.24, 2.45) is 0 Å². The molecule has 1 aromatic heterocycles. The van der Waals surface area contributed by atoms with Crippen molar-refractivity contribution in [2.75, 3.05) is 19.1 Å². The summed E-state index contributed by atoms with van der Waals surface area (Å²) in [5, 5.41) is 6.08. The molecule has 3 heterocycles. The molecule has 9 heteroatoms. The second-order valence-corrected chi connectivity index (χ2v) is 10.6. The number of halogens is 1. The lowest BCUT2D eigenvalue weighted by Crippen LogP contribution is -2.50. The van der Waals surface area contributed by atoms with Crippen LogP contribution in [-0.2, 0) is 0 Å². The number of pyridine rings is 1. The normalized spacial score (nSPS) is 20.5. The van der Waals surface area contributed by atoms with Crippen molar-refractivity contribution in [1.29, 1.82) is 0 Å². The third-order valence-electron chi connectivity index (χ3n) is 8.11. The maximum atomic E-state index is 14.4. The minimum Gasteiger partial charge on any atom is -0.497 e. The minimum atomic E-state index is -0.524. The predicted octanol–water partition coefficient (Wildman–Crippen LogP) is 4.97.